The van der Waals surface area contributed by atoms with E-state index < -0.39 is 0 Å². The van der Waals surface area contributed by atoms with Crippen LogP contribution in [-0.2, 0) is 13.1 Å². The summed E-state index contributed by atoms with van der Waals surface area (Å²) in [6, 6.07) is 12.0. The van der Waals surface area contributed by atoms with Crippen molar-refractivity contribution in [3.63, 3.8) is 0 Å². The molecule has 0 saturated heterocycles. The van der Waals surface area contributed by atoms with Gasteiger partial charge in [-0.2, -0.15) is 5.10 Å². The van der Waals surface area contributed by atoms with Crippen molar-refractivity contribution in [3.05, 3.63) is 59.4 Å². The lowest BCUT2D eigenvalue weighted by atomic mass is 10.0. The van der Waals surface area contributed by atoms with E-state index in [-0.39, 0.29) is 5.91 Å². The first-order chi connectivity index (χ1) is 12.4. The molecule has 0 aliphatic carbocycles. The van der Waals surface area contributed by atoms with Gasteiger partial charge in [0, 0.05) is 62.6 Å². The molecule has 0 radical (unpaired) electrons. The minimum absolute atomic E-state index is 0.0233. The Balaban J connectivity index is 1.94. The van der Waals surface area contributed by atoms with Crippen molar-refractivity contribution in [2.45, 2.75) is 26.9 Å². The smallest absolute Gasteiger partial charge is 0.254 e. The molecule has 0 atom stereocenters. The first-order valence-corrected chi connectivity index (χ1v) is 8.89. The fourth-order valence-corrected chi connectivity index (χ4v) is 3.27. The summed E-state index contributed by atoms with van der Waals surface area (Å²) in [5, 5.41) is 6.54. The third kappa shape index (κ3) is 3.29. The zero-order valence-corrected chi connectivity index (χ0v) is 16.2. The topological polar surface area (TPSA) is 41.4 Å². The molecule has 2 aromatic carbocycles. The lowest BCUT2D eigenvalue weighted by molar-refractivity contribution is 0.0787. The second-order valence-electron chi connectivity index (χ2n) is 6.83. The van der Waals surface area contributed by atoms with E-state index in [1.165, 1.54) is 0 Å². The van der Waals surface area contributed by atoms with Crippen molar-refractivity contribution in [2.75, 3.05) is 26.0 Å². The highest BCUT2D eigenvalue weighted by Crippen LogP contribution is 2.29. The monoisotopic (exact) mass is 350 g/mol. The van der Waals surface area contributed by atoms with Crippen LogP contribution < -0.4 is 4.90 Å². The van der Waals surface area contributed by atoms with Crippen molar-refractivity contribution < 1.29 is 4.79 Å². The van der Waals surface area contributed by atoms with Gasteiger partial charge in [0.2, 0.25) is 0 Å². The Hall–Kier alpha value is -2.82. The molecule has 1 amide bonds. The van der Waals surface area contributed by atoms with Crippen LogP contribution in [0.5, 0.6) is 0 Å². The number of rotatable bonds is 5. The number of carbonyl (C=O) groups is 1. The zero-order chi connectivity index (χ0) is 18.8. The Labute approximate surface area is 154 Å². The van der Waals surface area contributed by atoms with Gasteiger partial charge in [-0.1, -0.05) is 24.3 Å². The molecule has 0 unspecified atom stereocenters. The third-order valence-electron chi connectivity index (χ3n) is 4.74. The van der Waals surface area contributed by atoms with Gasteiger partial charge in [0.25, 0.3) is 5.91 Å². The van der Waals surface area contributed by atoms with Gasteiger partial charge in [-0.05, 0) is 31.4 Å². The molecule has 0 spiro atoms. The largest absolute Gasteiger partial charge is 0.377 e. The van der Waals surface area contributed by atoms with Gasteiger partial charge in [-0.3, -0.25) is 9.48 Å². The van der Waals surface area contributed by atoms with Crippen molar-refractivity contribution >= 4 is 22.4 Å². The molecule has 1 aromatic heterocycles. The maximum Gasteiger partial charge on any atom is 0.254 e. The van der Waals surface area contributed by atoms with Gasteiger partial charge in [-0.25, -0.2) is 0 Å². The molecule has 1 heterocycles. The maximum atomic E-state index is 13.1. The average Bonchev–Trinajstić information content (AvgIpc) is 2.99. The fourth-order valence-electron chi connectivity index (χ4n) is 3.27. The SMILES string of the molecule is CCn1cc(CN(C)C(=O)c2ccc(N(C)C)c3ccccc23)c(C)n1. The minimum Gasteiger partial charge on any atom is -0.377 e. The summed E-state index contributed by atoms with van der Waals surface area (Å²) in [5.41, 5.74) is 3.89. The molecule has 136 valence electrons. The van der Waals surface area contributed by atoms with Crippen molar-refractivity contribution in [1.29, 1.82) is 0 Å². The number of aromatic nitrogens is 2. The molecular weight excluding hydrogens is 324 g/mol. The second kappa shape index (κ2) is 7.20. The van der Waals surface area contributed by atoms with E-state index in [1.54, 1.807) is 4.90 Å². The van der Waals surface area contributed by atoms with Crippen molar-refractivity contribution in [2.24, 2.45) is 0 Å². The van der Waals surface area contributed by atoms with Crippen LogP contribution >= 0.6 is 0 Å². The molecule has 0 aliphatic rings. The summed E-state index contributed by atoms with van der Waals surface area (Å²) in [6.07, 6.45) is 2.02. The predicted octanol–water partition coefficient (Wildman–Crippen LogP) is 3.70. The molecule has 3 aromatic rings. The fraction of sp³-hybridized carbons (Fsp3) is 0.333. The summed E-state index contributed by atoms with van der Waals surface area (Å²) in [5.74, 6) is 0.0233. The standard InChI is InChI=1S/C21H26N4O/c1-6-25-14-16(15(2)22-25)13-24(5)21(26)19-11-12-20(23(3)4)18-10-8-7-9-17(18)19/h7-12,14H,6,13H2,1-5H3. The molecule has 0 N–H and O–H groups in total. The highest BCUT2D eigenvalue weighted by molar-refractivity contribution is 6.10. The first-order valence-electron chi connectivity index (χ1n) is 8.89. The van der Waals surface area contributed by atoms with Crippen LogP contribution in [0.25, 0.3) is 10.8 Å². The van der Waals surface area contributed by atoms with Crippen molar-refractivity contribution in [3.8, 4) is 0 Å². The van der Waals surface area contributed by atoms with Crippen LogP contribution in [0, 0.1) is 6.92 Å². The summed E-state index contributed by atoms with van der Waals surface area (Å²) in [4.78, 5) is 17.0. The van der Waals surface area contributed by atoms with E-state index in [1.807, 2.05) is 69.3 Å². The molecule has 5 heteroatoms. The summed E-state index contributed by atoms with van der Waals surface area (Å²) in [6.45, 7) is 5.42. The number of fused-ring (bicyclic) bond motifs is 1. The Kier molecular flexibility index (Phi) is 4.98. The van der Waals surface area contributed by atoms with Gasteiger partial charge in [-0.15, -0.1) is 0 Å². The lowest BCUT2D eigenvalue weighted by Gasteiger charge is -2.21. The quantitative estimate of drug-likeness (QED) is 0.704. The van der Waals surface area contributed by atoms with Crippen molar-refractivity contribution in [1.82, 2.24) is 14.7 Å². The van der Waals surface area contributed by atoms with Gasteiger partial charge < -0.3 is 9.80 Å². The highest BCUT2D eigenvalue weighted by atomic mass is 16.2. The van der Waals surface area contributed by atoms with Crippen LogP contribution in [0.2, 0.25) is 0 Å². The zero-order valence-electron chi connectivity index (χ0n) is 16.2. The van der Waals surface area contributed by atoms with E-state index in [2.05, 4.69) is 23.0 Å². The lowest BCUT2D eigenvalue weighted by Crippen LogP contribution is -2.26. The molecule has 26 heavy (non-hydrogen) atoms. The summed E-state index contributed by atoms with van der Waals surface area (Å²) < 4.78 is 1.91. The normalized spacial score (nSPS) is 11.0. The van der Waals surface area contributed by atoms with E-state index in [9.17, 15) is 4.79 Å². The number of hydrogen-bond acceptors (Lipinski definition) is 3. The Morgan fingerprint density at radius 1 is 1.08 bits per heavy atom. The van der Waals surface area contributed by atoms with E-state index in [4.69, 9.17) is 0 Å². The highest BCUT2D eigenvalue weighted by Gasteiger charge is 2.18. The third-order valence-corrected chi connectivity index (χ3v) is 4.74. The van der Waals surface area contributed by atoms with Crippen LogP contribution in [0.1, 0.15) is 28.5 Å². The van der Waals surface area contributed by atoms with Gasteiger partial charge in [0.15, 0.2) is 0 Å². The number of benzene rings is 2. The molecule has 5 nitrogen and oxygen atoms in total. The average molecular weight is 350 g/mol. The molecular formula is C21H26N4O. The van der Waals surface area contributed by atoms with Crippen LogP contribution in [0.4, 0.5) is 5.69 Å². The summed E-state index contributed by atoms with van der Waals surface area (Å²) in [7, 11) is 5.88. The molecule has 0 saturated carbocycles. The number of nitrogens with zero attached hydrogens (tertiary/aromatic N) is 4. The van der Waals surface area contributed by atoms with Crippen LogP contribution in [-0.4, -0.2) is 41.7 Å². The van der Waals surface area contributed by atoms with Gasteiger partial charge in [0.05, 0.1) is 5.69 Å². The number of hydrogen-bond donors (Lipinski definition) is 0. The van der Waals surface area contributed by atoms with E-state index in [0.717, 1.165) is 39.8 Å². The predicted molar refractivity (Wildman–Crippen MR) is 107 cm³/mol. The van der Waals surface area contributed by atoms with Crippen LogP contribution in [0.3, 0.4) is 0 Å². The molecule has 0 aliphatic heterocycles. The Morgan fingerprint density at radius 2 is 1.77 bits per heavy atom. The number of aryl methyl sites for hydroxylation is 2. The number of amides is 1. The van der Waals surface area contributed by atoms with E-state index >= 15 is 0 Å². The summed E-state index contributed by atoms with van der Waals surface area (Å²) >= 11 is 0. The van der Waals surface area contributed by atoms with Gasteiger partial charge >= 0.3 is 0 Å². The molecule has 3 rings (SSSR count). The van der Waals surface area contributed by atoms with Crippen LogP contribution in [0.15, 0.2) is 42.6 Å². The Bertz CT molecular complexity index is 942. The Morgan fingerprint density at radius 3 is 2.38 bits per heavy atom. The number of carbonyl (C=O) groups excluding carboxylic acids is 1. The molecule has 0 fully saturated rings. The molecule has 0 bridgehead atoms. The second-order valence-corrected chi connectivity index (χ2v) is 6.83. The minimum atomic E-state index is 0.0233. The van der Waals surface area contributed by atoms with E-state index in [0.29, 0.717) is 6.54 Å². The first kappa shape index (κ1) is 18.0. The van der Waals surface area contributed by atoms with Gasteiger partial charge in [0.1, 0.15) is 0 Å². The number of anilines is 1. The maximum absolute atomic E-state index is 13.1.